The minimum Gasteiger partial charge on any atom is -0.198 e. The van der Waals surface area contributed by atoms with E-state index in [-0.39, 0.29) is 0 Å². The second-order valence-corrected chi connectivity index (χ2v) is 7.30. The summed E-state index contributed by atoms with van der Waals surface area (Å²) in [4.78, 5) is 0. The van der Waals surface area contributed by atoms with Gasteiger partial charge in [-0.1, -0.05) is 37.6 Å². The van der Waals surface area contributed by atoms with E-state index in [1.54, 1.807) is 0 Å². The lowest BCUT2D eigenvalue weighted by atomic mass is 9.91. The Morgan fingerprint density at radius 2 is 1.71 bits per heavy atom. The molecule has 0 fully saturated rings. The van der Waals surface area contributed by atoms with Gasteiger partial charge in [0.05, 0.1) is 12.3 Å². The van der Waals surface area contributed by atoms with E-state index in [0.717, 1.165) is 11.1 Å². The van der Waals surface area contributed by atoms with Crippen LogP contribution in [0.4, 0.5) is 0 Å². The van der Waals surface area contributed by atoms with Crippen molar-refractivity contribution in [1.82, 2.24) is 0 Å². The van der Waals surface area contributed by atoms with Gasteiger partial charge < -0.3 is 0 Å². The quantitative estimate of drug-likeness (QED) is 0.534. The van der Waals surface area contributed by atoms with Gasteiger partial charge in [-0.05, 0) is 60.9 Å². The maximum Gasteiger partial charge on any atom is 0.220 e. The Labute approximate surface area is 147 Å². The van der Waals surface area contributed by atoms with Crippen molar-refractivity contribution >= 4 is 10.8 Å². The van der Waals surface area contributed by atoms with Gasteiger partial charge in [-0.3, -0.25) is 0 Å². The number of rotatable bonds is 2. The van der Waals surface area contributed by atoms with E-state index < -0.39 is 0 Å². The van der Waals surface area contributed by atoms with E-state index in [0.29, 0.717) is 12.0 Å². The smallest absolute Gasteiger partial charge is 0.198 e. The normalized spacial score (nSPS) is 12.1. The number of fused-ring (bicyclic) bond motifs is 1. The average Bonchev–Trinajstić information content (AvgIpc) is 2.56. The van der Waals surface area contributed by atoms with Crippen LogP contribution >= 0.6 is 0 Å². The van der Waals surface area contributed by atoms with Gasteiger partial charge >= 0.3 is 0 Å². The monoisotopic (exact) mass is 319 g/mol. The maximum absolute atomic E-state index is 8.74. The fourth-order valence-electron chi connectivity index (χ4n) is 3.61. The third kappa shape index (κ3) is 2.62. The van der Waals surface area contributed by atoms with Gasteiger partial charge in [0.15, 0.2) is 5.69 Å². The van der Waals surface area contributed by atoms with Crippen molar-refractivity contribution in [3.05, 3.63) is 64.3 Å². The predicted molar refractivity (Wildman–Crippen MR) is 104 cm³/mol. The van der Waals surface area contributed by atoms with E-state index in [1.807, 2.05) is 0 Å². The minimum atomic E-state index is 0.396. The first-order chi connectivity index (χ1) is 11.7. The topological polar surface area (TPSA) is 3.88 Å². The highest BCUT2D eigenvalue weighted by atomic mass is 14.9. The molecular weight excluding hydrogens is 290 g/mol. The molecule has 1 heteroatoms. The summed E-state index contributed by atoms with van der Waals surface area (Å²) < 4.78 is 10.9. The first-order valence-corrected chi connectivity index (χ1v) is 8.74. The van der Waals surface area contributed by atoms with E-state index in [1.165, 1.54) is 38.9 Å². The molecular formula is C23H28N+. The lowest BCUT2D eigenvalue weighted by Gasteiger charge is -2.15. The molecule has 1 nitrogen and oxygen atoms in total. The van der Waals surface area contributed by atoms with Gasteiger partial charge in [-0.2, -0.15) is 4.57 Å². The van der Waals surface area contributed by atoms with Crippen LogP contribution in [0.3, 0.4) is 0 Å². The Kier molecular flexibility index (Phi) is 3.88. The zero-order valence-corrected chi connectivity index (χ0v) is 15.9. The average molecular weight is 319 g/mol. The van der Waals surface area contributed by atoms with Crippen LogP contribution in [0.15, 0.2) is 36.4 Å². The maximum atomic E-state index is 8.74. The Balaban J connectivity index is 2.55. The largest absolute Gasteiger partial charge is 0.220 e. The molecule has 0 radical (unpaired) electrons. The van der Waals surface area contributed by atoms with Gasteiger partial charge in [0, 0.05) is 13.0 Å². The third-order valence-electron chi connectivity index (χ3n) is 5.19. The summed E-state index contributed by atoms with van der Waals surface area (Å²) in [5.74, 6) is 0.396. The molecule has 0 spiro atoms. The summed E-state index contributed by atoms with van der Waals surface area (Å²) in [5.41, 5.74) is 8.66. The number of hydrogen-bond acceptors (Lipinski definition) is 0. The number of nitrogens with zero attached hydrogens (tertiary/aromatic N) is 1. The molecule has 0 aliphatic heterocycles. The van der Waals surface area contributed by atoms with E-state index in [9.17, 15) is 0 Å². The fraction of sp³-hybridized carbons (Fsp3) is 0.348. The van der Waals surface area contributed by atoms with Crippen LogP contribution in [0.25, 0.3) is 22.0 Å². The van der Waals surface area contributed by atoms with Crippen LogP contribution in [-0.2, 0) is 7.05 Å². The number of aryl methyl sites for hydroxylation is 2. The summed E-state index contributed by atoms with van der Waals surface area (Å²) in [6, 6.07) is 11.6. The van der Waals surface area contributed by atoms with Crippen molar-refractivity contribution in [2.24, 2.45) is 7.05 Å². The first kappa shape index (κ1) is 15.4. The third-order valence-corrected chi connectivity index (χ3v) is 5.19. The van der Waals surface area contributed by atoms with Crippen molar-refractivity contribution in [3.63, 3.8) is 0 Å². The van der Waals surface area contributed by atoms with Gasteiger partial charge in [0.25, 0.3) is 0 Å². The molecule has 0 bridgehead atoms. The second kappa shape index (κ2) is 6.05. The molecule has 0 saturated carbocycles. The molecule has 0 aliphatic carbocycles. The molecule has 0 saturated heterocycles. The Bertz CT molecular complexity index is 984. The number of pyridine rings is 1. The minimum absolute atomic E-state index is 0.396. The Hall–Kier alpha value is -2.15. The standard InChI is InChI=1S/C23H28N/c1-14(2)19-9-8-10-20-22(19)13-17(5)24(7)23(20)21-12-15(3)11-16(4)18(21)6/h8-14H,1-7H3/q+1/i13D. The van der Waals surface area contributed by atoms with Gasteiger partial charge in [-0.25, -0.2) is 0 Å². The second-order valence-electron chi connectivity index (χ2n) is 7.30. The van der Waals surface area contributed by atoms with Crippen LogP contribution in [-0.4, -0.2) is 0 Å². The lowest BCUT2D eigenvalue weighted by Crippen LogP contribution is -2.35. The van der Waals surface area contributed by atoms with Crippen LogP contribution < -0.4 is 4.57 Å². The molecule has 1 aromatic heterocycles. The number of hydrogen-bond donors (Lipinski definition) is 0. The number of benzene rings is 2. The summed E-state index contributed by atoms with van der Waals surface area (Å²) in [5, 5.41) is 2.28. The molecule has 0 N–H and O–H groups in total. The number of aromatic nitrogens is 1. The van der Waals surface area contributed by atoms with Crippen LogP contribution in [0.2, 0.25) is 0 Å². The summed E-state index contributed by atoms with van der Waals surface area (Å²) >= 11 is 0. The summed E-state index contributed by atoms with van der Waals surface area (Å²) in [6.07, 6.45) is 0. The molecule has 0 unspecified atom stereocenters. The van der Waals surface area contributed by atoms with Crippen LogP contribution in [0.5, 0.6) is 0 Å². The molecule has 24 heavy (non-hydrogen) atoms. The highest BCUT2D eigenvalue weighted by Crippen LogP contribution is 2.34. The zero-order chi connectivity index (χ0) is 18.5. The summed E-state index contributed by atoms with van der Waals surface area (Å²) in [7, 11) is 2.08. The van der Waals surface area contributed by atoms with Crippen molar-refractivity contribution in [2.75, 3.05) is 0 Å². The fourth-order valence-corrected chi connectivity index (χ4v) is 3.61. The van der Waals surface area contributed by atoms with Gasteiger partial charge in [0.2, 0.25) is 5.69 Å². The van der Waals surface area contributed by atoms with Crippen LogP contribution in [0, 0.1) is 27.7 Å². The first-order valence-electron chi connectivity index (χ1n) is 9.24. The zero-order valence-electron chi connectivity index (χ0n) is 16.9. The predicted octanol–water partition coefficient (Wildman–Crippen LogP) is 5.69. The van der Waals surface area contributed by atoms with E-state index in [2.05, 4.69) is 83.5 Å². The molecule has 3 aromatic rings. The molecule has 124 valence electrons. The molecule has 3 rings (SSSR count). The molecule has 0 atom stereocenters. The Morgan fingerprint density at radius 1 is 1.00 bits per heavy atom. The SMILES string of the molecule is [2H]c1c(C)[n+](C)c(-c2cc(C)cc(C)c2C)c2cccc(C(C)C)c12. The lowest BCUT2D eigenvalue weighted by molar-refractivity contribution is -0.665. The molecule has 0 amide bonds. The summed E-state index contributed by atoms with van der Waals surface area (Å²) in [6.45, 7) is 13.0. The highest BCUT2D eigenvalue weighted by molar-refractivity contribution is 5.96. The Morgan fingerprint density at radius 3 is 2.38 bits per heavy atom. The van der Waals surface area contributed by atoms with Crippen molar-refractivity contribution in [1.29, 1.82) is 0 Å². The van der Waals surface area contributed by atoms with Crippen LogP contribution in [0.1, 0.15) is 49.1 Å². The molecule has 1 heterocycles. The molecule has 0 aliphatic rings. The molecule has 2 aromatic carbocycles. The van der Waals surface area contributed by atoms with Gasteiger partial charge in [0.1, 0.15) is 7.05 Å². The highest BCUT2D eigenvalue weighted by Gasteiger charge is 2.22. The van der Waals surface area contributed by atoms with Gasteiger partial charge in [-0.15, -0.1) is 0 Å². The van der Waals surface area contributed by atoms with Crippen molar-refractivity contribution in [3.8, 4) is 11.3 Å². The van der Waals surface area contributed by atoms with E-state index >= 15 is 0 Å². The van der Waals surface area contributed by atoms with E-state index in [4.69, 9.17) is 1.37 Å². The van der Waals surface area contributed by atoms with Crippen molar-refractivity contribution in [2.45, 2.75) is 47.5 Å². The van der Waals surface area contributed by atoms with Crippen molar-refractivity contribution < 1.29 is 5.94 Å².